The number of benzene rings is 1. The summed E-state index contributed by atoms with van der Waals surface area (Å²) in [5.41, 5.74) is 5.97. The number of aliphatic carboxylic acids is 1. The van der Waals surface area contributed by atoms with Gasteiger partial charge in [-0.3, -0.25) is 0 Å². The standard InChI is InChI=1S/C21H28O2/c1-20(2)9-10-21(3,4)18-13-16(7-8-17(18)20)15-6-5-14(11-15)12-19(22)23/h7-8,12-13,15H,5-6,9-11H2,1-4H3,(H,22,23)/b14-12+. The van der Waals surface area contributed by atoms with E-state index in [9.17, 15) is 4.79 Å². The van der Waals surface area contributed by atoms with Gasteiger partial charge in [-0.25, -0.2) is 4.79 Å². The number of allylic oxidation sites excluding steroid dienone is 1. The molecule has 2 aliphatic carbocycles. The lowest BCUT2D eigenvalue weighted by atomic mass is 9.62. The predicted octanol–water partition coefficient (Wildman–Crippen LogP) is 5.31. The third-order valence-electron chi connectivity index (χ3n) is 6.00. The molecule has 0 bridgehead atoms. The maximum atomic E-state index is 10.9. The molecule has 1 aromatic carbocycles. The number of carbonyl (C=O) groups is 1. The molecule has 124 valence electrons. The van der Waals surface area contributed by atoms with Crippen LogP contribution in [0.2, 0.25) is 0 Å². The molecule has 1 fully saturated rings. The van der Waals surface area contributed by atoms with Crippen molar-refractivity contribution < 1.29 is 9.90 Å². The van der Waals surface area contributed by atoms with Crippen molar-refractivity contribution >= 4 is 5.97 Å². The molecule has 1 atom stereocenters. The zero-order chi connectivity index (χ0) is 16.8. The van der Waals surface area contributed by atoms with E-state index in [1.807, 2.05) is 0 Å². The number of carboxylic acid groups (broad SMARTS) is 1. The molecule has 1 unspecified atom stereocenters. The van der Waals surface area contributed by atoms with Gasteiger partial charge in [0, 0.05) is 6.08 Å². The summed E-state index contributed by atoms with van der Waals surface area (Å²) in [6, 6.07) is 7.05. The molecule has 1 aromatic rings. The van der Waals surface area contributed by atoms with Gasteiger partial charge in [0.1, 0.15) is 0 Å². The van der Waals surface area contributed by atoms with Gasteiger partial charge in [-0.2, -0.15) is 0 Å². The van der Waals surface area contributed by atoms with Gasteiger partial charge in [-0.05, 0) is 65.5 Å². The van der Waals surface area contributed by atoms with Crippen molar-refractivity contribution in [3.63, 3.8) is 0 Å². The van der Waals surface area contributed by atoms with E-state index in [0.29, 0.717) is 5.92 Å². The minimum absolute atomic E-state index is 0.235. The van der Waals surface area contributed by atoms with Crippen LogP contribution in [0.3, 0.4) is 0 Å². The second-order valence-electron chi connectivity index (χ2n) is 8.65. The molecule has 0 aliphatic heterocycles. The van der Waals surface area contributed by atoms with Crippen molar-refractivity contribution in [1.29, 1.82) is 0 Å². The monoisotopic (exact) mass is 312 g/mol. The van der Waals surface area contributed by atoms with Crippen molar-refractivity contribution in [2.75, 3.05) is 0 Å². The zero-order valence-corrected chi connectivity index (χ0v) is 14.8. The predicted molar refractivity (Wildman–Crippen MR) is 94.0 cm³/mol. The lowest BCUT2D eigenvalue weighted by Crippen LogP contribution is -2.33. The first-order valence-corrected chi connectivity index (χ1v) is 8.76. The molecule has 0 saturated heterocycles. The van der Waals surface area contributed by atoms with Gasteiger partial charge in [0.05, 0.1) is 0 Å². The fourth-order valence-corrected chi connectivity index (χ4v) is 4.33. The van der Waals surface area contributed by atoms with Crippen LogP contribution in [0.25, 0.3) is 0 Å². The lowest BCUT2D eigenvalue weighted by Gasteiger charge is -2.42. The van der Waals surface area contributed by atoms with Crippen LogP contribution < -0.4 is 0 Å². The van der Waals surface area contributed by atoms with Gasteiger partial charge in [0.2, 0.25) is 0 Å². The van der Waals surface area contributed by atoms with Crippen molar-refractivity contribution in [3.05, 3.63) is 46.5 Å². The highest BCUT2D eigenvalue weighted by Gasteiger charge is 2.37. The first-order chi connectivity index (χ1) is 10.7. The summed E-state index contributed by atoms with van der Waals surface area (Å²) < 4.78 is 0. The number of carboxylic acids is 1. The fourth-order valence-electron chi connectivity index (χ4n) is 4.33. The number of hydrogen-bond acceptors (Lipinski definition) is 1. The zero-order valence-electron chi connectivity index (χ0n) is 14.8. The Labute approximate surface area is 139 Å². The van der Waals surface area contributed by atoms with Crippen LogP contribution >= 0.6 is 0 Å². The molecular formula is C21H28O2. The molecule has 0 spiro atoms. The SMILES string of the molecule is CC1(C)CCC(C)(C)c2cc(C3CC/C(=C\C(=O)O)C3)ccc21. The van der Waals surface area contributed by atoms with Crippen molar-refractivity contribution in [3.8, 4) is 0 Å². The van der Waals surface area contributed by atoms with Crippen molar-refractivity contribution in [2.24, 2.45) is 0 Å². The van der Waals surface area contributed by atoms with E-state index < -0.39 is 5.97 Å². The Balaban J connectivity index is 1.94. The van der Waals surface area contributed by atoms with E-state index >= 15 is 0 Å². The molecule has 0 amide bonds. The van der Waals surface area contributed by atoms with Crippen LogP contribution in [0.15, 0.2) is 29.8 Å². The third kappa shape index (κ3) is 3.08. The molecule has 23 heavy (non-hydrogen) atoms. The van der Waals surface area contributed by atoms with Crippen molar-refractivity contribution in [1.82, 2.24) is 0 Å². The third-order valence-corrected chi connectivity index (χ3v) is 6.00. The fraction of sp³-hybridized carbons (Fsp3) is 0.571. The molecule has 3 rings (SSSR count). The topological polar surface area (TPSA) is 37.3 Å². The Morgan fingerprint density at radius 2 is 1.78 bits per heavy atom. The highest BCUT2D eigenvalue weighted by Crippen LogP contribution is 2.47. The molecular weight excluding hydrogens is 284 g/mol. The molecule has 2 nitrogen and oxygen atoms in total. The maximum Gasteiger partial charge on any atom is 0.328 e. The summed E-state index contributed by atoms with van der Waals surface area (Å²) in [6.07, 6.45) is 6.76. The van der Waals surface area contributed by atoms with Crippen LogP contribution in [0.1, 0.15) is 82.4 Å². The Morgan fingerprint density at radius 3 is 2.43 bits per heavy atom. The van der Waals surface area contributed by atoms with Crippen molar-refractivity contribution in [2.45, 2.75) is 76.5 Å². The smallest absolute Gasteiger partial charge is 0.328 e. The summed E-state index contributed by atoms with van der Waals surface area (Å²) in [6.45, 7) is 9.42. The van der Waals surface area contributed by atoms with Gasteiger partial charge in [0.15, 0.2) is 0 Å². The average Bonchev–Trinajstić information content (AvgIpc) is 2.91. The van der Waals surface area contributed by atoms with E-state index in [0.717, 1.165) is 24.8 Å². The van der Waals surface area contributed by atoms with E-state index in [-0.39, 0.29) is 10.8 Å². The Hall–Kier alpha value is -1.57. The molecule has 1 N–H and O–H groups in total. The quantitative estimate of drug-likeness (QED) is 0.751. The summed E-state index contributed by atoms with van der Waals surface area (Å²) in [5, 5.41) is 8.94. The van der Waals surface area contributed by atoms with E-state index in [4.69, 9.17) is 5.11 Å². The molecule has 0 aromatic heterocycles. The first kappa shape index (κ1) is 16.3. The van der Waals surface area contributed by atoms with Crippen LogP contribution in [0.5, 0.6) is 0 Å². The average molecular weight is 312 g/mol. The maximum absolute atomic E-state index is 10.9. The highest BCUT2D eigenvalue weighted by atomic mass is 16.4. The molecule has 0 heterocycles. The van der Waals surface area contributed by atoms with Crippen LogP contribution in [-0.2, 0) is 15.6 Å². The normalized spacial score (nSPS) is 27.0. The van der Waals surface area contributed by atoms with E-state index in [1.165, 1.54) is 35.6 Å². The van der Waals surface area contributed by atoms with Gasteiger partial charge < -0.3 is 5.11 Å². The lowest BCUT2D eigenvalue weighted by molar-refractivity contribution is -0.131. The molecule has 2 heteroatoms. The Morgan fingerprint density at radius 1 is 1.13 bits per heavy atom. The van der Waals surface area contributed by atoms with E-state index in [1.54, 1.807) is 0 Å². The summed E-state index contributed by atoms with van der Waals surface area (Å²) in [5.74, 6) is -0.333. The number of hydrogen-bond donors (Lipinski definition) is 1. The Bertz CT molecular complexity index is 664. The largest absolute Gasteiger partial charge is 0.478 e. The van der Waals surface area contributed by atoms with Gasteiger partial charge in [-0.1, -0.05) is 51.5 Å². The second-order valence-corrected chi connectivity index (χ2v) is 8.65. The minimum atomic E-state index is -0.811. The van der Waals surface area contributed by atoms with Crippen LogP contribution in [0.4, 0.5) is 0 Å². The first-order valence-electron chi connectivity index (χ1n) is 8.76. The summed E-state index contributed by atoms with van der Waals surface area (Å²) in [4.78, 5) is 10.9. The molecule has 2 aliphatic rings. The van der Waals surface area contributed by atoms with Crippen LogP contribution in [-0.4, -0.2) is 11.1 Å². The van der Waals surface area contributed by atoms with Gasteiger partial charge >= 0.3 is 5.97 Å². The summed E-state index contributed by atoms with van der Waals surface area (Å²) in [7, 11) is 0. The van der Waals surface area contributed by atoms with Crippen LogP contribution in [0, 0.1) is 0 Å². The Kier molecular flexibility index (Phi) is 3.90. The minimum Gasteiger partial charge on any atom is -0.478 e. The summed E-state index contributed by atoms with van der Waals surface area (Å²) >= 11 is 0. The molecule has 1 saturated carbocycles. The second kappa shape index (κ2) is 5.51. The number of rotatable bonds is 2. The molecule has 0 radical (unpaired) electrons. The van der Waals surface area contributed by atoms with Gasteiger partial charge in [-0.15, -0.1) is 0 Å². The van der Waals surface area contributed by atoms with E-state index in [2.05, 4.69) is 45.9 Å². The van der Waals surface area contributed by atoms with Gasteiger partial charge in [0.25, 0.3) is 0 Å². The number of fused-ring (bicyclic) bond motifs is 1. The highest BCUT2D eigenvalue weighted by molar-refractivity contribution is 5.80.